The minimum Gasteiger partial charge on any atom is -0.288 e. The number of hydrazine groups is 1. The fourth-order valence-corrected chi connectivity index (χ4v) is 1.57. The molecule has 0 heterocycles. The molecule has 0 spiro atoms. The Kier molecular flexibility index (Phi) is 7.09. The molecule has 6 nitrogen and oxygen atoms in total. The summed E-state index contributed by atoms with van der Waals surface area (Å²) >= 11 is 0. The molecule has 2 N–H and O–H groups in total. The van der Waals surface area contributed by atoms with Crippen LogP contribution in [-0.2, 0) is 14.9 Å². The van der Waals surface area contributed by atoms with Gasteiger partial charge in [0.05, 0.1) is 0 Å². The highest BCUT2D eigenvalue weighted by molar-refractivity contribution is 7.87. The Balaban J connectivity index is 0. The minimum atomic E-state index is -4.30. The van der Waals surface area contributed by atoms with Gasteiger partial charge in [-0.2, -0.15) is 8.42 Å². The molecule has 1 amide bonds. The molecule has 0 saturated heterocycles. The van der Waals surface area contributed by atoms with E-state index in [2.05, 4.69) is 5.43 Å². The number of hydrogen-bond acceptors (Lipinski definition) is 4. The summed E-state index contributed by atoms with van der Waals surface area (Å²) in [5.74, 6) is -0.727. The molecule has 0 aliphatic rings. The van der Waals surface area contributed by atoms with Gasteiger partial charge in [-0.05, 0) is 6.42 Å². The predicted molar refractivity (Wildman–Crippen MR) is 54.7 cm³/mol. The molecule has 0 aliphatic heterocycles. The normalized spacial score (nSPS) is 13.2. The molecule has 86 valence electrons. The third-order valence-corrected chi connectivity index (χ3v) is 2.62. The van der Waals surface area contributed by atoms with Crippen LogP contribution in [0.2, 0.25) is 0 Å². The lowest BCUT2D eigenvalue weighted by molar-refractivity contribution is -0.124. The molecule has 1 unspecified atom stereocenters. The Morgan fingerprint density at radius 2 is 1.93 bits per heavy atom. The number of carbonyl (C=O) groups excluding carboxylic acids is 1. The summed E-state index contributed by atoms with van der Waals surface area (Å²) in [4.78, 5) is 11.1. The first-order chi connectivity index (χ1) is 5.79. The lowest BCUT2D eigenvalue weighted by Gasteiger charge is -2.16. The molecular weight excluding hydrogens is 232 g/mol. The van der Waals surface area contributed by atoms with Crippen LogP contribution in [0.3, 0.4) is 0 Å². The van der Waals surface area contributed by atoms with Crippen LogP contribution in [0.25, 0.3) is 0 Å². The topological polar surface area (TPSA) is 86.7 Å². The fraction of sp³-hybridized carbons (Fsp3) is 0.833. The van der Waals surface area contributed by atoms with Crippen LogP contribution in [0.5, 0.6) is 0 Å². The van der Waals surface area contributed by atoms with Crippen molar-refractivity contribution in [1.29, 1.82) is 0 Å². The van der Waals surface area contributed by atoms with Crippen LogP contribution in [-0.4, -0.2) is 43.2 Å². The molecule has 0 rings (SSSR count). The molecule has 14 heavy (non-hydrogen) atoms. The van der Waals surface area contributed by atoms with Gasteiger partial charge in [-0.15, -0.1) is 12.4 Å². The molecule has 0 radical (unpaired) electrons. The summed E-state index contributed by atoms with van der Waals surface area (Å²) in [6, 6.07) is 0. The van der Waals surface area contributed by atoms with Gasteiger partial charge in [-0.25, -0.2) is 5.01 Å². The number of nitrogens with zero attached hydrogens (tertiary/aromatic N) is 1. The SMILES string of the molecule is CCC(C(=O)NN(C)C)S(=O)(=O)O.Cl. The maximum Gasteiger partial charge on any atom is 0.276 e. The van der Waals surface area contributed by atoms with Crippen molar-refractivity contribution in [3.05, 3.63) is 0 Å². The van der Waals surface area contributed by atoms with Gasteiger partial charge < -0.3 is 0 Å². The molecule has 0 aromatic heterocycles. The summed E-state index contributed by atoms with van der Waals surface area (Å²) in [5, 5.41) is -0.0780. The first-order valence-electron chi connectivity index (χ1n) is 3.73. The average Bonchev–Trinajstić information content (AvgIpc) is 1.82. The zero-order valence-electron chi connectivity index (χ0n) is 8.22. The highest BCUT2D eigenvalue weighted by atomic mass is 35.5. The monoisotopic (exact) mass is 246 g/mol. The van der Waals surface area contributed by atoms with Gasteiger partial charge in [-0.3, -0.25) is 14.8 Å². The minimum absolute atomic E-state index is 0. The van der Waals surface area contributed by atoms with E-state index < -0.39 is 21.3 Å². The molecule has 1 atom stereocenters. The zero-order valence-corrected chi connectivity index (χ0v) is 9.85. The average molecular weight is 247 g/mol. The van der Waals surface area contributed by atoms with E-state index in [1.165, 1.54) is 11.9 Å². The van der Waals surface area contributed by atoms with Gasteiger partial charge >= 0.3 is 0 Å². The number of amides is 1. The van der Waals surface area contributed by atoms with Crippen molar-refractivity contribution in [3.63, 3.8) is 0 Å². The van der Waals surface area contributed by atoms with Crippen LogP contribution >= 0.6 is 12.4 Å². The highest BCUT2D eigenvalue weighted by Gasteiger charge is 2.29. The van der Waals surface area contributed by atoms with Crippen molar-refractivity contribution in [2.45, 2.75) is 18.6 Å². The molecule has 0 fully saturated rings. The Morgan fingerprint density at radius 1 is 1.50 bits per heavy atom. The van der Waals surface area contributed by atoms with E-state index in [-0.39, 0.29) is 18.8 Å². The van der Waals surface area contributed by atoms with E-state index >= 15 is 0 Å². The number of rotatable bonds is 4. The second-order valence-electron chi connectivity index (χ2n) is 2.78. The van der Waals surface area contributed by atoms with Crippen molar-refractivity contribution in [3.8, 4) is 0 Å². The second-order valence-corrected chi connectivity index (χ2v) is 4.38. The van der Waals surface area contributed by atoms with E-state index in [4.69, 9.17) is 4.55 Å². The Labute approximate surface area is 89.8 Å². The van der Waals surface area contributed by atoms with Gasteiger partial charge in [0.1, 0.15) is 0 Å². The Morgan fingerprint density at radius 3 is 2.14 bits per heavy atom. The van der Waals surface area contributed by atoms with E-state index in [0.717, 1.165) is 0 Å². The Bertz CT molecular complexity index is 278. The van der Waals surface area contributed by atoms with E-state index in [1.807, 2.05) is 0 Å². The largest absolute Gasteiger partial charge is 0.288 e. The van der Waals surface area contributed by atoms with Crippen LogP contribution < -0.4 is 5.43 Å². The maximum absolute atomic E-state index is 11.1. The number of carbonyl (C=O) groups is 1. The van der Waals surface area contributed by atoms with Gasteiger partial charge in [0.25, 0.3) is 16.0 Å². The predicted octanol–water partition coefficient (Wildman–Crippen LogP) is -0.333. The standard InChI is InChI=1S/C6H14N2O4S.ClH/c1-4-5(13(10,11)12)6(9)7-8(2)3;/h5H,4H2,1-3H3,(H,7,9)(H,10,11,12);1H. The van der Waals surface area contributed by atoms with Crippen molar-refractivity contribution >= 4 is 28.4 Å². The second kappa shape index (κ2) is 6.18. The Hall–Kier alpha value is -0.370. The number of hydrogen-bond donors (Lipinski definition) is 2. The molecule has 0 aromatic rings. The van der Waals surface area contributed by atoms with Crippen LogP contribution in [0.4, 0.5) is 0 Å². The third-order valence-electron chi connectivity index (χ3n) is 1.36. The van der Waals surface area contributed by atoms with Crippen molar-refractivity contribution in [2.24, 2.45) is 0 Å². The van der Waals surface area contributed by atoms with Gasteiger partial charge in [0, 0.05) is 14.1 Å². The van der Waals surface area contributed by atoms with Crippen molar-refractivity contribution < 1.29 is 17.8 Å². The summed E-state index contributed by atoms with van der Waals surface area (Å²) in [7, 11) is -1.20. The smallest absolute Gasteiger partial charge is 0.276 e. The first-order valence-corrected chi connectivity index (χ1v) is 5.23. The molecule has 0 saturated carbocycles. The highest BCUT2D eigenvalue weighted by Crippen LogP contribution is 2.03. The molecular formula is C6H15ClN2O4S. The molecule has 0 aliphatic carbocycles. The van der Waals surface area contributed by atoms with E-state index in [9.17, 15) is 13.2 Å². The van der Waals surface area contributed by atoms with Crippen molar-refractivity contribution in [2.75, 3.05) is 14.1 Å². The molecule has 0 aromatic carbocycles. The number of nitrogens with one attached hydrogen (secondary N) is 1. The van der Waals surface area contributed by atoms with Crippen molar-refractivity contribution in [1.82, 2.24) is 10.4 Å². The van der Waals surface area contributed by atoms with E-state index in [1.54, 1.807) is 14.1 Å². The third kappa shape index (κ3) is 5.38. The summed E-state index contributed by atoms with van der Waals surface area (Å²) in [5.41, 5.74) is 2.26. The first kappa shape index (κ1) is 16.1. The molecule has 0 bridgehead atoms. The quantitative estimate of drug-likeness (QED) is 0.524. The lowest BCUT2D eigenvalue weighted by Crippen LogP contribution is -2.45. The summed E-state index contributed by atoms with van der Waals surface area (Å²) < 4.78 is 30.0. The van der Waals surface area contributed by atoms with Crippen LogP contribution in [0.15, 0.2) is 0 Å². The maximum atomic E-state index is 11.1. The van der Waals surface area contributed by atoms with E-state index in [0.29, 0.717) is 0 Å². The van der Waals surface area contributed by atoms with Crippen LogP contribution in [0, 0.1) is 0 Å². The van der Waals surface area contributed by atoms with Gasteiger partial charge in [0.2, 0.25) is 0 Å². The summed E-state index contributed by atoms with van der Waals surface area (Å²) in [6.07, 6.45) is 0.0402. The lowest BCUT2D eigenvalue weighted by atomic mass is 10.3. The zero-order chi connectivity index (χ0) is 10.6. The van der Waals surface area contributed by atoms with Crippen LogP contribution in [0.1, 0.15) is 13.3 Å². The van der Waals surface area contributed by atoms with Gasteiger partial charge in [-0.1, -0.05) is 6.92 Å². The number of halogens is 1. The van der Waals surface area contributed by atoms with Gasteiger partial charge in [0.15, 0.2) is 5.25 Å². The summed E-state index contributed by atoms with van der Waals surface area (Å²) in [6.45, 7) is 1.51. The fourth-order valence-electron chi connectivity index (χ4n) is 0.824. The molecule has 8 heteroatoms.